The molecule has 9 nitrogen and oxygen atoms in total. The fourth-order valence-electron chi connectivity index (χ4n) is 2.83. The molecule has 0 saturated carbocycles. The molecule has 0 radical (unpaired) electrons. The lowest BCUT2D eigenvalue weighted by Gasteiger charge is -2.19. The highest BCUT2D eigenvalue weighted by atomic mass is 35.5. The molecule has 2 aromatic carbocycles. The monoisotopic (exact) mass is 427 g/mol. The van der Waals surface area contributed by atoms with E-state index >= 15 is 0 Å². The highest BCUT2D eigenvalue weighted by Crippen LogP contribution is 2.34. The zero-order valence-corrected chi connectivity index (χ0v) is 17.2. The average molecular weight is 428 g/mol. The third kappa shape index (κ3) is 4.31. The van der Waals surface area contributed by atoms with Crippen LogP contribution in [-0.2, 0) is 4.74 Å². The van der Waals surface area contributed by atoms with Gasteiger partial charge in [-0.1, -0.05) is 29.8 Å². The van der Waals surface area contributed by atoms with Gasteiger partial charge in [0.1, 0.15) is 5.69 Å². The molecule has 0 aliphatic rings. The van der Waals surface area contributed by atoms with Crippen LogP contribution in [0.1, 0.15) is 16.1 Å². The van der Waals surface area contributed by atoms with Crippen LogP contribution in [0.3, 0.4) is 0 Å². The molecule has 3 aromatic rings. The van der Waals surface area contributed by atoms with Gasteiger partial charge in [0, 0.05) is 18.4 Å². The molecule has 10 heteroatoms. The number of rotatable bonds is 6. The van der Waals surface area contributed by atoms with Crippen LogP contribution in [0.5, 0.6) is 0 Å². The second kappa shape index (κ2) is 8.75. The molecule has 0 aliphatic heterocycles. The zero-order chi connectivity index (χ0) is 21.8. The number of hydrogen-bond donors (Lipinski definition) is 1. The summed E-state index contributed by atoms with van der Waals surface area (Å²) in [5.74, 6) is -0.327. The van der Waals surface area contributed by atoms with Gasteiger partial charge >= 0.3 is 11.7 Å². The van der Waals surface area contributed by atoms with Crippen molar-refractivity contribution in [3.63, 3.8) is 0 Å². The van der Waals surface area contributed by atoms with Crippen molar-refractivity contribution in [3.05, 3.63) is 74.9 Å². The Morgan fingerprint density at radius 3 is 2.53 bits per heavy atom. The van der Waals surface area contributed by atoms with Crippen molar-refractivity contribution < 1.29 is 14.5 Å². The lowest BCUT2D eigenvalue weighted by atomic mass is 10.2. The minimum atomic E-state index is -0.589. The van der Waals surface area contributed by atoms with Gasteiger partial charge in [-0.3, -0.25) is 10.1 Å². The van der Waals surface area contributed by atoms with E-state index in [1.807, 2.05) is 30.3 Å². The third-order valence-corrected chi connectivity index (χ3v) is 4.64. The lowest BCUT2D eigenvalue weighted by molar-refractivity contribution is -0.385. The SMILES string of the molecule is COC(=O)c1cc(Nc2nc(C)c([N+](=O)[O-])c(N(C)c3ccccc3)n2)ccc1Cl. The number of nitrogens with one attached hydrogen (secondary N) is 1. The van der Waals surface area contributed by atoms with Gasteiger partial charge in [0.25, 0.3) is 0 Å². The van der Waals surface area contributed by atoms with E-state index in [1.165, 1.54) is 26.2 Å². The van der Waals surface area contributed by atoms with E-state index in [0.29, 0.717) is 5.69 Å². The largest absolute Gasteiger partial charge is 0.465 e. The maximum atomic E-state index is 11.9. The Labute approximate surface area is 177 Å². The zero-order valence-electron chi connectivity index (χ0n) is 16.4. The number of ether oxygens (including phenoxy) is 1. The Bertz CT molecular complexity index is 1110. The molecular weight excluding hydrogens is 410 g/mol. The molecule has 1 aromatic heterocycles. The number of carbonyl (C=O) groups excluding carboxylic acids is 1. The number of esters is 1. The average Bonchev–Trinajstić information content (AvgIpc) is 2.73. The first-order valence-corrected chi connectivity index (χ1v) is 9.16. The van der Waals surface area contributed by atoms with Gasteiger partial charge in [-0.15, -0.1) is 0 Å². The summed E-state index contributed by atoms with van der Waals surface area (Å²) in [4.78, 5) is 33.2. The Kier molecular flexibility index (Phi) is 6.12. The molecular formula is C20H18ClN5O4. The van der Waals surface area contributed by atoms with Gasteiger partial charge in [-0.2, -0.15) is 4.98 Å². The highest BCUT2D eigenvalue weighted by molar-refractivity contribution is 6.33. The molecule has 0 spiro atoms. The van der Waals surface area contributed by atoms with E-state index in [2.05, 4.69) is 15.3 Å². The molecule has 1 heterocycles. The minimum Gasteiger partial charge on any atom is -0.465 e. The molecule has 0 amide bonds. The van der Waals surface area contributed by atoms with E-state index in [-0.39, 0.29) is 33.7 Å². The summed E-state index contributed by atoms with van der Waals surface area (Å²) in [5, 5.41) is 14.9. The Morgan fingerprint density at radius 1 is 1.20 bits per heavy atom. The summed E-state index contributed by atoms with van der Waals surface area (Å²) in [6.07, 6.45) is 0. The predicted octanol–water partition coefficient (Wildman–Crippen LogP) is 4.64. The number of para-hydroxylation sites is 1. The molecule has 0 unspecified atom stereocenters. The Hall–Kier alpha value is -3.72. The fraction of sp³-hybridized carbons (Fsp3) is 0.150. The molecule has 30 heavy (non-hydrogen) atoms. The van der Waals surface area contributed by atoms with Gasteiger partial charge < -0.3 is 15.0 Å². The summed E-state index contributed by atoms with van der Waals surface area (Å²) in [7, 11) is 2.94. The van der Waals surface area contributed by atoms with Crippen LogP contribution >= 0.6 is 11.6 Å². The van der Waals surface area contributed by atoms with Crippen molar-refractivity contribution in [2.24, 2.45) is 0 Å². The second-order valence-corrected chi connectivity index (χ2v) is 6.67. The Balaban J connectivity index is 2.04. The number of aryl methyl sites for hydroxylation is 1. The summed E-state index contributed by atoms with van der Waals surface area (Å²) < 4.78 is 4.72. The van der Waals surface area contributed by atoms with Crippen molar-refractivity contribution >= 4 is 46.4 Å². The van der Waals surface area contributed by atoms with Crippen LogP contribution in [0.15, 0.2) is 48.5 Å². The second-order valence-electron chi connectivity index (χ2n) is 6.27. The molecule has 0 fully saturated rings. The molecule has 154 valence electrons. The Morgan fingerprint density at radius 2 is 1.90 bits per heavy atom. The maximum Gasteiger partial charge on any atom is 0.339 e. The molecule has 0 aliphatic carbocycles. The number of aromatic nitrogens is 2. The quantitative estimate of drug-likeness (QED) is 0.344. The van der Waals surface area contributed by atoms with E-state index in [0.717, 1.165) is 5.69 Å². The highest BCUT2D eigenvalue weighted by Gasteiger charge is 2.26. The topological polar surface area (TPSA) is 110 Å². The summed E-state index contributed by atoms with van der Waals surface area (Å²) in [6, 6.07) is 13.8. The van der Waals surface area contributed by atoms with Crippen LogP contribution in [-0.4, -0.2) is 35.0 Å². The number of hydrogen-bond acceptors (Lipinski definition) is 8. The molecule has 0 bridgehead atoms. The standard InChI is InChI=1S/C20H18ClN5O4/c1-12-17(26(28)29)18(25(2)14-7-5-4-6-8-14)24-20(22-12)23-13-9-10-16(21)15(11-13)19(27)30-3/h4-11H,1-3H3,(H,22,23,24). The number of anilines is 4. The van der Waals surface area contributed by atoms with Gasteiger partial charge in [0.2, 0.25) is 11.8 Å². The first-order chi connectivity index (χ1) is 14.3. The number of benzene rings is 2. The first-order valence-electron chi connectivity index (χ1n) is 8.78. The van der Waals surface area contributed by atoms with Crippen LogP contribution in [0.2, 0.25) is 5.02 Å². The van der Waals surface area contributed by atoms with Gasteiger partial charge in [-0.05, 0) is 37.3 Å². The predicted molar refractivity (Wildman–Crippen MR) is 114 cm³/mol. The lowest BCUT2D eigenvalue weighted by Crippen LogP contribution is -2.16. The van der Waals surface area contributed by atoms with Crippen molar-refractivity contribution in [2.45, 2.75) is 6.92 Å². The van der Waals surface area contributed by atoms with Gasteiger partial charge in [0.05, 0.1) is 22.6 Å². The molecule has 0 atom stereocenters. The van der Waals surface area contributed by atoms with Crippen LogP contribution < -0.4 is 10.2 Å². The van der Waals surface area contributed by atoms with Crippen LogP contribution in [0.4, 0.5) is 28.8 Å². The van der Waals surface area contributed by atoms with Gasteiger partial charge in [-0.25, -0.2) is 9.78 Å². The van der Waals surface area contributed by atoms with Gasteiger partial charge in [0.15, 0.2) is 0 Å². The van der Waals surface area contributed by atoms with E-state index < -0.39 is 10.9 Å². The van der Waals surface area contributed by atoms with Crippen molar-refractivity contribution in [3.8, 4) is 0 Å². The third-order valence-electron chi connectivity index (χ3n) is 4.31. The summed E-state index contributed by atoms with van der Waals surface area (Å²) in [5.41, 5.74) is 1.37. The van der Waals surface area contributed by atoms with Crippen molar-refractivity contribution in [2.75, 3.05) is 24.4 Å². The molecule has 3 rings (SSSR count). The first kappa shape index (κ1) is 21.0. The minimum absolute atomic E-state index is 0.128. The van der Waals surface area contributed by atoms with Crippen molar-refractivity contribution in [1.82, 2.24) is 9.97 Å². The van der Waals surface area contributed by atoms with Crippen LogP contribution in [0, 0.1) is 17.0 Å². The van der Waals surface area contributed by atoms with Crippen LogP contribution in [0.25, 0.3) is 0 Å². The van der Waals surface area contributed by atoms with Crippen molar-refractivity contribution in [1.29, 1.82) is 0 Å². The normalized spacial score (nSPS) is 10.4. The summed E-state index contributed by atoms with van der Waals surface area (Å²) >= 11 is 6.05. The fourth-order valence-corrected chi connectivity index (χ4v) is 3.02. The van der Waals surface area contributed by atoms with E-state index in [4.69, 9.17) is 16.3 Å². The summed E-state index contributed by atoms with van der Waals surface area (Å²) in [6.45, 7) is 1.54. The number of carbonyl (C=O) groups is 1. The molecule has 1 N–H and O–H groups in total. The molecule has 0 saturated heterocycles. The van der Waals surface area contributed by atoms with E-state index in [9.17, 15) is 14.9 Å². The maximum absolute atomic E-state index is 11.9. The number of halogens is 1. The number of nitro groups is 1. The number of nitrogens with zero attached hydrogens (tertiary/aromatic N) is 4. The van der Waals surface area contributed by atoms with E-state index in [1.54, 1.807) is 18.0 Å². The number of methoxy groups -OCH3 is 1. The smallest absolute Gasteiger partial charge is 0.339 e.